The van der Waals surface area contributed by atoms with E-state index < -0.39 is 17.4 Å². The molecular weight excluding hydrogens is 518 g/mol. The number of amides is 2. The van der Waals surface area contributed by atoms with Crippen LogP contribution in [0.5, 0.6) is 17.2 Å². The molecule has 1 atom stereocenters. The molecule has 1 unspecified atom stereocenters. The summed E-state index contributed by atoms with van der Waals surface area (Å²) in [5, 5.41) is -0.277. The molecule has 2 aliphatic rings. The number of fused-ring (bicyclic) bond motifs is 1. The molecule has 0 N–H and O–H groups in total. The maximum Gasteiger partial charge on any atom is 0.514 e. The van der Waals surface area contributed by atoms with Crippen molar-refractivity contribution in [3.63, 3.8) is 0 Å². The smallest absolute Gasteiger partial charge is 0.489 e. The third-order valence-electron chi connectivity index (χ3n) is 6.85. The molecule has 0 aromatic heterocycles. The van der Waals surface area contributed by atoms with Crippen molar-refractivity contribution < 1.29 is 33.3 Å². The number of carbonyl (C=O) groups excluding carboxylic acids is 3. The summed E-state index contributed by atoms with van der Waals surface area (Å²) in [6.07, 6.45) is 2.45. The maximum absolute atomic E-state index is 12.4. The Hall–Kier alpha value is -3.46. The highest BCUT2D eigenvalue weighted by atomic mass is 32.2. The van der Waals surface area contributed by atoms with E-state index in [-0.39, 0.29) is 11.1 Å². The molecule has 2 aliphatic heterocycles. The molecule has 0 aliphatic carbocycles. The summed E-state index contributed by atoms with van der Waals surface area (Å²) >= 11 is 0.932. The Morgan fingerprint density at radius 2 is 1.77 bits per heavy atom. The monoisotopic (exact) mass is 553 g/mol. The van der Waals surface area contributed by atoms with E-state index in [1.807, 2.05) is 52.0 Å². The minimum Gasteiger partial charge on any atom is -0.489 e. The number of hydrogen-bond donors (Lipinski definition) is 0. The third-order valence-corrected chi connectivity index (χ3v) is 7.81. The van der Waals surface area contributed by atoms with E-state index in [1.165, 1.54) is 7.05 Å². The molecule has 2 amide bonds. The van der Waals surface area contributed by atoms with Crippen LogP contribution in [0.2, 0.25) is 0 Å². The van der Waals surface area contributed by atoms with E-state index >= 15 is 0 Å². The first-order valence-corrected chi connectivity index (χ1v) is 13.7. The second kappa shape index (κ2) is 10.6. The van der Waals surface area contributed by atoms with Crippen molar-refractivity contribution in [1.82, 2.24) is 4.90 Å². The van der Waals surface area contributed by atoms with E-state index in [4.69, 9.17) is 18.9 Å². The Kier molecular flexibility index (Phi) is 7.76. The lowest BCUT2D eigenvalue weighted by atomic mass is 9.87. The average molecular weight is 554 g/mol. The zero-order valence-corrected chi connectivity index (χ0v) is 24.5. The fourth-order valence-corrected chi connectivity index (χ4v) is 5.31. The van der Waals surface area contributed by atoms with Crippen LogP contribution < -0.4 is 14.2 Å². The molecule has 0 spiro atoms. The molecule has 0 saturated carbocycles. The fourth-order valence-electron chi connectivity index (χ4n) is 4.48. The van der Waals surface area contributed by atoms with Crippen LogP contribution in [0.25, 0.3) is 6.08 Å². The summed E-state index contributed by atoms with van der Waals surface area (Å²) in [4.78, 5) is 37.7. The Morgan fingerprint density at radius 1 is 1.10 bits per heavy atom. The van der Waals surface area contributed by atoms with E-state index in [1.54, 1.807) is 26.8 Å². The number of imide groups is 1. The van der Waals surface area contributed by atoms with Gasteiger partial charge in [-0.1, -0.05) is 12.1 Å². The number of rotatable bonds is 5. The van der Waals surface area contributed by atoms with Gasteiger partial charge in [0.2, 0.25) is 0 Å². The van der Waals surface area contributed by atoms with Crippen molar-refractivity contribution in [2.75, 3.05) is 13.7 Å². The standard InChI is InChI=1S/C30H35NO7S/c1-17-18(2)25-22(19(3)24(17)36-28(34)38-29(4,5)6)13-14-30(7,37-25)16-35-21-11-9-20(10-12-21)15-23-26(32)31(8)27(33)39-23/h9-12,15H,13-14,16H2,1-8H3/b23-15-. The summed E-state index contributed by atoms with van der Waals surface area (Å²) in [5.74, 6) is 1.71. The first-order valence-electron chi connectivity index (χ1n) is 12.8. The van der Waals surface area contributed by atoms with Crippen molar-refractivity contribution in [2.45, 2.75) is 72.5 Å². The van der Waals surface area contributed by atoms with Gasteiger partial charge in [-0.05, 0) is 114 Å². The van der Waals surface area contributed by atoms with Gasteiger partial charge < -0.3 is 18.9 Å². The lowest BCUT2D eigenvalue weighted by Crippen LogP contribution is -2.42. The van der Waals surface area contributed by atoms with Gasteiger partial charge in [-0.3, -0.25) is 14.5 Å². The molecule has 0 radical (unpaired) electrons. The quantitative estimate of drug-likeness (QED) is 0.228. The van der Waals surface area contributed by atoms with Gasteiger partial charge in [0.15, 0.2) is 0 Å². The predicted molar refractivity (Wildman–Crippen MR) is 151 cm³/mol. The highest BCUT2D eigenvalue weighted by Gasteiger charge is 2.36. The van der Waals surface area contributed by atoms with Gasteiger partial charge in [0.1, 0.15) is 35.1 Å². The lowest BCUT2D eigenvalue weighted by Gasteiger charge is -2.37. The van der Waals surface area contributed by atoms with E-state index in [0.29, 0.717) is 23.0 Å². The Labute approximate surface area is 233 Å². The molecule has 1 saturated heterocycles. The van der Waals surface area contributed by atoms with Crippen molar-refractivity contribution in [1.29, 1.82) is 0 Å². The van der Waals surface area contributed by atoms with Gasteiger partial charge in [-0.2, -0.15) is 0 Å². The highest BCUT2D eigenvalue weighted by molar-refractivity contribution is 8.18. The van der Waals surface area contributed by atoms with Crippen LogP contribution in [0.15, 0.2) is 29.2 Å². The van der Waals surface area contributed by atoms with Crippen LogP contribution >= 0.6 is 11.8 Å². The molecular formula is C30H35NO7S. The van der Waals surface area contributed by atoms with Gasteiger partial charge in [0.25, 0.3) is 11.1 Å². The first-order chi connectivity index (χ1) is 18.2. The topological polar surface area (TPSA) is 91.4 Å². The maximum atomic E-state index is 12.4. The number of likely N-dealkylation sites (N-methyl/N-ethyl adjacent to an activating group) is 1. The molecule has 208 valence electrons. The molecule has 2 aromatic rings. The van der Waals surface area contributed by atoms with Crippen LogP contribution in [0.3, 0.4) is 0 Å². The van der Waals surface area contributed by atoms with Gasteiger partial charge in [0.05, 0.1) is 4.91 Å². The largest absolute Gasteiger partial charge is 0.514 e. The number of benzene rings is 2. The predicted octanol–water partition coefficient (Wildman–Crippen LogP) is 6.75. The molecule has 9 heteroatoms. The van der Waals surface area contributed by atoms with Gasteiger partial charge >= 0.3 is 6.16 Å². The second-order valence-electron chi connectivity index (χ2n) is 11.2. The zero-order chi connectivity index (χ0) is 28.7. The summed E-state index contributed by atoms with van der Waals surface area (Å²) < 4.78 is 23.6. The molecule has 2 aromatic carbocycles. The molecule has 39 heavy (non-hydrogen) atoms. The van der Waals surface area contributed by atoms with Crippen molar-refractivity contribution >= 4 is 35.1 Å². The van der Waals surface area contributed by atoms with E-state index in [9.17, 15) is 14.4 Å². The minimum atomic E-state index is -0.723. The number of carbonyl (C=O) groups is 3. The van der Waals surface area contributed by atoms with Gasteiger partial charge in [0, 0.05) is 12.6 Å². The SMILES string of the molecule is Cc1c(C)c2c(c(C)c1OC(=O)OC(C)(C)C)CCC(C)(COc1ccc(/C=C3\SC(=O)N(C)C3=O)cc1)O2. The third kappa shape index (κ3) is 6.24. The molecule has 0 bridgehead atoms. The molecule has 4 rings (SSSR count). The van der Waals surface area contributed by atoms with E-state index in [2.05, 4.69) is 0 Å². The van der Waals surface area contributed by atoms with Crippen LogP contribution in [0.4, 0.5) is 9.59 Å². The summed E-state index contributed by atoms with van der Waals surface area (Å²) in [5.41, 5.74) is 3.26. The molecule has 1 fully saturated rings. The van der Waals surface area contributed by atoms with Crippen molar-refractivity contribution in [2.24, 2.45) is 0 Å². The Morgan fingerprint density at radius 3 is 2.36 bits per heavy atom. The van der Waals surface area contributed by atoms with E-state index in [0.717, 1.165) is 63.1 Å². The van der Waals surface area contributed by atoms with Crippen LogP contribution in [0.1, 0.15) is 61.9 Å². The fraction of sp³-hybridized carbons (Fsp3) is 0.433. The van der Waals surface area contributed by atoms with Gasteiger partial charge in [-0.25, -0.2) is 4.79 Å². The summed E-state index contributed by atoms with van der Waals surface area (Å²) in [6.45, 7) is 13.6. The van der Waals surface area contributed by atoms with Crippen molar-refractivity contribution in [3.05, 3.63) is 57.0 Å². The van der Waals surface area contributed by atoms with Gasteiger partial charge in [-0.15, -0.1) is 0 Å². The number of thioether (sulfide) groups is 1. The normalized spacial score (nSPS) is 20.1. The van der Waals surface area contributed by atoms with Crippen LogP contribution in [-0.4, -0.2) is 47.1 Å². The first kappa shape index (κ1) is 28.5. The number of ether oxygens (including phenoxy) is 4. The number of nitrogens with zero attached hydrogens (tertiary/aromatic N) is 1. The summed E-state index contributed by atoms with van der Waals surface area (Å²) in [7, 11) is 1.47. The minimum absolute atomic E-state index is 0.277. The highest BCUT2D eigenvalue weighted by Crippen LogP contribution is 2.44. The number of hydrogen-bond acceptors (Lipinski definition) is 8. The van der Waals surface area contributed by atoms with Crippen molar-refractivity contribution in [3.8, 4) is 17.2 Å². The Bertz CT molecular complexity index is 1360. The second-order valence-corrected chi connectivity index (χ2v) is 12.2. The lowest BCUT2D eigenvalue weighted by molar-refractivity contribution is -0.121. The zero-order valence-electron chi connectivity index (χ0n) is 23.7. The summed E-state index contributed by atoms with van der Waals surface area (Å²) in [6, 6.07) is 7.37. The van der Waals surface area contributed by atoms with Crippen LogP contribution in [0, 0.1) is 20.8 Å². The van der Waals surface area contributed by atoms with Crippen LogP contribution in [-0.2, 0) is 16.0 Å². The molecule has 2 heterocycles. The molecule has 8 nitrogen and oxygen atoms in total. The Balaban J connectivity index is 1.44. The average Bonchev–Trinajstić information content (AvgIpc) is 3.10.